The standard InChI is InChI=1S/C13H16N2O4/c1-9-7-14(8-12(9)16)13(17)6-10-4-2-3-5-11(10)15(18)19/h2-5,9,12,16H,6-8H2,1H3/t9-,12+/m1/s1. The number of nitro groups is 1. The van der Waals surface area contributed by atoms with Crippen molar-refractivity contribution in [1.82, 2.24) is 4.90 Å². The second-order valence-electron chi connectivity index (χ2n) is 4.91. The highest BCUT2D eigenvalue weighted by Crippen LogP contribution is 2.21. The number of carbonyl (C=O) groups is 1. The first-order valence-corrected chi connectivity index (χ1v) is 6.17. The van der Waals surface area contributed by atoms with Crippen LogP contribution in [0, 0.1) is 16.0 Å². The minimum absolute atomic E-state index is 0.00338. The molecule has 1 aliphatic heterocycles. The van der Waals surface area contributed by atoms with Gasteiger partial charge >= 0.3 is 0 Å². The number of hydrogen-bond donors (Lipinski definition) is 1. The molecule has 1 aromatic carbocycles. The molecule has 1 N–H and O–H groups in total. The van der Waals surface area contributed by atoms with Gasteiger partial charge in [-0.05, 0) is 0 Å². The van der Waals surface area contributed by atoms with Crippen LogP contribution < -0.4 is 0 Å². The van der Waals surface area contributed by atoms with Gasteiger partial charge in [0, 0.05) is 30.6 Å². The van der Waals surface area contributed by atoms with Crippen molar-refractivity contribution in [3.63, 3.8) is 0 Å². The molecule has 0 bridgehead atoms. The number of para-hydroxylation sites is 1. The third-order valence-electron chi connectivity index (χ3n) is 3.46. The Hall–Kier alpha value is -1.95. The SMILES string of the molecule is C[C@@H]1CN(C(=O)Cc2ccccc2[N+](=O)[O-])C[C@@H]1O. The number of amides is 1. The van der Waals surface area contributed by atoms with Crippen LogP contribution in [-0.2, 0) is 11.2 Å². The lowest BCUT2D eigenvalue weighted by Gasteiger charge is -2.15. The van der Waals surface area contributed by atoms with Crippen molar-refractivity contribution < 1.29 is 14.8 Å². The van der Waals surface area contributed by atoms with Crippen LogP contribution in [0.5, 0.6) is 0 Å². The summed E-state index contributed by atoms with van der Waals surface area (Å²) in [4.78, 5) is 24.0. The van der Waals surface area contributed by atoms with Gasteiger partial charge in [0.1, 0.15) is 0 Å². The summed E-state index contributed by atoms with van der Waals surface area (Å²) in [5, 5.41) is 20.5. The van der Waals surface area contributed by atoms with Gasteiger partial charge < -0.3 is 10.0 Å². The molecule has 6 nitrogen and oxygen atoms in total. The fourth-order valence-corrected chi connectivity index (χ4v) is 2.27. The van der Waals surface area contributed by atoms with Gasteiger partial charge in [-0.15, -0.1) is 0 Å². The summed E-state index contributed by atoms with van der Waals surface area (Å²) in [6.07, 6.45) is -0.508. The maximum Gasteiger partial charge on any atom is 0.273 e. The normalized spacial score (nSPS) is 22.5. The molecule has 0 aliphatic carbocycles. The zero-order valence-corrected chi connectivity index (χ0v) is 10.7. The van der Waals surface area contributed by atoms with E-state index in [4.69, 9.17) is 0 Å². The number of likely N-dealkylation sites (tertiary alicyclic amines) is 1. The van der Waals surface area contributed by atoms with Crippen molar-refractivity contribution in [3.8, 4) is 0 Å². The van der Waals surface area contributed by atoms with E-state index >= 15 is 0 Å². The molecule has 0 spiro atoms. The number of carbonyl (C=O) groups excluding carboxylic acids is 1. The Morgan fingerprint density at radius 3 is 2.74 bits per heavy atom. The third kappa shape index (κ3) is 2.90. The molecular weight excluding hydrogens is 248 g/mol. The number of hydrogen-bond acceptors (Lipinski definition) is 4. The summed E-state index contributed by atoms with van der Waals surface area (Å²) < 4.78 is 0. The second-order valence-corrected chi connectivity index (χ2v) is 4.91. The highest BCUT2D eigenvalue weighted by molar-refractivity contribution is 5.80. The van der Waals surface area contributed by atoms with Crippen molar-refractivity contribution in [2.75, 3.05) is 13.1 Å². The molecule has 1 aliphatic rings. The molecular formula is C13H16N2O4. The molecule has 1 saturated heterocycles. The molecule has 102 valence electrons. The Bertz CT molecular complexity index is 493. The van der Waals surface area contributed by atoms with E-state index in [1.54, 1.807) is 23.1 Å². The second kappa shape index (κ2) is 5.36. The maximum absolute atomic E-state index is 12.1. The monoisotopic (exact) mass is 264 g/mol. The Labute approximate surface area is 110 Å². The van der Waals surface area contributed by atoms with Crippen molar-refractivity contribution in [3.05, 3.63) is 39.9 Å². The number of benzene rings is 1. The topological polar surface area (TPSA) is 83.7 Å². The van der Waals surface area contributed by atoms with Crippen LogP contribution in [0.25, 0.3) is 0 Å². The molecule has 1 amide bonds. The van der Waals surface area contributed by atoms with Gasteiger partial charge in [0.2, 0.25) is 5.91 Å². The highest BCUT2D eigenvalue weighted by Gasteiger charge is 2.31. The number of aliphatic hydroxyl groups is 1. The van der Waals surface area contributed by atoms with Gasteiger partial charge in [-0.2, -0.15) is 0 Å². The van der Waals surface area contributed by atoms with E-state index in [2.05, 4.69) is 0 Å². The molecule has 0 unspecified atom stereocenters. The average Bonchev–Trinajstić information content (AvgIpc) is 2.70. The minimum atomic E-state index is -0.505. The Morgan fingerprint density at radius 2 is 2.16 bits per heavy atom. The van der Waals surface area contributed by atoms with Crippen molar-refractivity contribution >= 4 is 11.6 Å². The fraction of sp³-hybridized carbons (Fsp3) is 0.462. The van der Waals surface area contributed by atoms with Crippen LogP contribution in [0.3, 0.4) is 0 Å². The summed E-state index contributed by atoms with van der Waals surface area (Å²) in [6.45, 7) is 2.68. The lowest BCUT2D eigenvalue weighted by atomic mass is 10.1. The fourth-order valence-electron chi connectivity index (χ4n) is 2.27. The summed E-state index contributed by atoms with van der Waals surface area (Å²) in [6, 6.07) is 6.24. The van der Waals surface area contributed by atoms with Gasteiger partial charge in [-0.1, -0.05) is 25.1 Å². The minimum Gasteiger partial charge on any atom is -0.391 e. The first kappa shape index (κ1) is 13.5. The van der Waals surface area contributed by atoms with Crippen LogP contribution in [0.4, 0.5) is 5.69 Å². The molecule has 0 saturated carbocycles. The van der Waals surface area contributed by atoms with E-state index in [9.17, 15) is 20.0 Å². The lowest BCUT2D eigenvalue weighted by Crippen LogP contribution is -2.31. The first-order valence-electron chi connectivity index (χ1n) is 6.17. The molecule has 1 aromatic rings. The largest absolute Gasteiger partial charge is 0.391 e. The van der Waals surface area contributed by atoms with Crippen molar-refractivity contribution in [1.29, 1.82) is 0 Å². The Kier molecular flexibility index (Phi) is 3.80. The van der Waals surface area contributed by atoms with E-state index in [1.165, 1.54) is 6.07 Å². The van der Waals surface area contributed by atoms with Crippen molar-refractivity contribution in [2.24, 2.45) is 5.92 Å². The van der Waals surface area contributed by atoms with Gasteiger partial charge in [0.15, 0.2) is 0 Å². The Balaban J connectivity index is 2.10. The zero-order valence-electron chi connectivity index (χ0n) is 10.7. The van der Waals surface area contributed by atoms with Crippen molar-refractivity contribution in [2.45, 2.75) is 19.4 Å². The van der Waals surface area contributed by atoms with Gasteiger partial charge in [0.25, 0.3) is 5.69 Å². The third-order valence-corrected chi connectivity index (χ3v) is 3.46. The summed E-state index contributed by atoms with van der Waals surface area (Å²) >= 11 is 0. The van der Waals surface area contributed by atoms with Crippen LogP contribution in [-0.4, -0.2) is 40.0 Å². The quantitative estimate of drug-likeness (QED) is 0.651. The lowest BCUT2D eigenvalue weighted by molar-refractivity contribution is -0.385. The molecule has 0 aromatic heterocycles. The molecule has 19 heavy (non-hydrogen) atoms. The van der Waals surface area contributed by atoms with Gasteiger partial charge in [0.05, 0.1) is 17.4 Å². The molecule has 1 fully saturated rings. The predicted octanol–water partition coefficient (Wildman–Crippen LogP) is 0.976. The van der Waals surface area contributed by atoms with E-state index in [-0.39, 0.29) is 23.9 Å². The van der Waals surface area contributed by atoms with E-state index in [0.29, 0.717) is 18.7 Å². The van der Waals surface area contributed by atoms with Crippen LogP contribution in [0.2, 0.25) is 0 Å². The highest BCUT2D eigenvalue weighted by atomic mass is 16.6. The molecule has 6 heteroatoms. The molecule has 1 heterocycles. The number of rotatable bonds is 3. The molecule has 0 radical (unpaired) electrons. The average molecular weight is 264 g/mol. The van der Waals surface area contributed by atoms with Crippen LogP contribution in [0.15, 0.2) is 24.3 Å². The predicted molar refractivity (Wildman–Crippen MR) is 68.6 cm³/mol. The number of aliphatic hydroxyl groups excluding tert-OH is 1. The summed E-state index contributed by atoms with van der Waals surface area (Å²) in [5.74, 6) is -0.132. The van der Waals surface area contributed by atoms with Crippen LogP contribution in [0.1, 0.15) is 12.5 Å². The van der Waals surface area contributed by atoms with E-state index < -0.39 is 11.0 Å². The number of β-amino-alcohol motifs (C(OH)–C–C–N with tert-alkyl or cyclic N) is 1. The smallest absolute Gasteiger partial charge is 0.273 e. The van der Waals surface area contributed by atoms with Gasteiger partial charge in [-0.3, -0.25) is 14.9 Å². The summed E-state index contributed by atoms with van der Waals surface area (Å²) in [5.41, 5.74) is 0.371. The zero-order chi connectivity index (χ0) is 14.0. The molecule has 2 atom stereocenters. The Morgan fingerprint density at radius 1 is 1.47 bits per heavy atom. The van der Waals surface area contributed by atoms with E-state index in [0.717, 1.165) is 0 Å². The van der Waals surface area contributed by atoms with Crippen LogP contribution >= 0.6 is 0 Å². The maximum atomic E-state index is 12.1. The number of nitrogens with zero attached hydrogens (tertiary/aromatic N) is 2. The first-order chi connectivity index (χ1) is 8.99. The molecule has 2 rings (SSSR count). The summed E-state index contributed by atoms with van der Waals surface area (Å²) in [7, 11) is 0. The van der Waals surface area contributed by atoms with E-state index in [1.807, 2.05) is 6.92 Å². The van der Waals surface area contributed by atoms with Gasteiger partial charge in [-0.25, -0.2) is 0 Å². The number of nitro benzene ring substituents is 1.